The number of nitrogens with zero attached hydrogens (tertiary/aromatic N) is 1. The molecule has 2 nitrogen and oxygen atoms in total. The minimum absolute atomic E-state index is 0.245. The van der Waals surface area contributed by atoms with Gasteiger partial charge in [-0.1, -0.05) is 12.1 Å². The van der Waals surface area contributed by atoms with Crippen LogP contribution in [0, 0.1) is 12.7 Å². The van der Waals surface area contributed by atoms with E-state index in [9.17, 15) is 4.39 Å². The van der Waals surface area contributed by atoms with Crippen LogP contribution in [-0.4, -0.2) is 11.1 Å². The fourth-order valence-electron chi connectivity index (χ4n) is 1.84. The molecule has 92 valence electrons. The van der Waals surface area contributed by atoms with E-state index in [1.165, 1.54) is 12.1 Å². The molecule has 18 heavy (non-hydrogen) atoms. The normalized spacial score (nSPS) is 14.6. The van der Waals surface area contributed by atoms with Gasteiger partial charge >= 0.3 is 0 Å². The molecule has 1 saturated carbocycles. The lowest BCUT2D eigenvalue weighted by Crippen LogP contribution is -2.01. The van der Waals surface area contributed by atoms with Crippen molar-refractivity contribution in [3.8, 4) is 17.0 Å². The number of ether oxygens (including phenoxy) is 1. The summed E-state index contributed by atoms with van der Waals surface area (Å²) in [5.41, 5.74) is 2.57. The molecule has 0 saturated heterocycles. The molecule has 0 spiro atoms. The molecule has 1 aromatic heterocycles. The van der Waals surface area contributed by atoms with Crippen LogP contribution in [0.5, 0.6) is 5.88 Å². The van der Waals surface area contributed by atoms with E-state index in [0.717, 1.165) is 29.7 Å². The van der Waals surface area contributed by atoms with Crippen molar-refractivity contribution < 1.29 is 9.13 Å². The van der Waals surface area contributed by atoms with Gasteiger partial charge in [-0.05, 0) is 49.6 Å². The lowest BCUT2D eigenvalue weighted by atomic mass is 10.1. The third-order valence-corrected chi connectivity index (χ3v) is 2.94. The van der Waals surface area contributed by atoms with Crippen molar-refractivity contribution in [2.24, 2.45) is 0 Å². The second-order valence-electron chi connectivity index (χ2n) is 4.63. The standard InChI is InChI=1S/C15H14FNO/c1-10-5-8-14(11-3-2-4-12(16)9-11)15(17-10)18-13-6-7-13/h2-5,8-9,13H,6-7H2,1H3. The Balaban J connectivity index is 2.03. The molecule has 1 aliphatic carbocycles. The molecule has 0 atom stereocenters. The van der Waals surface area contributed by atoms with Crippen molar-refractivity contribution in [3.63, 3.8) is 0 Å². The highest BCUT2D eigenvalue weighted by Crippen LogP contribution is 2.33. The van der Waals surface area contributed by atoms with Gasteiger partial charge < -0.3 is 4.74 Å². The Morgan fingerprint density at radius 3 is 2.78 bits per heavy atom. The third-order valence-electron chi connectivity index (χ3n) is 2.94. The molecular weight excluding hydrogens is 229 g/mol. The van der Waals surface area contributed by atoms with Crippen molar-refractivity contribution in [1.82, 2.24) is 4.98 Å². The zero-order chi connectivity index (χ0) is 12.5. The van der Waals surface area contributed by atoms with Gasteiger partial charge in [0, 0.05) is 11.3 Å². The van der Waals surface area contributed by atoms with Crippen molar-refractivity contribution in [1.29, 1.82) is 0 Å². The van der Waals surface area contributed by atoms with Gasteiger partial charge in [0.25, 0.3) is 0 Å². The maximum atomic E-state index is 13.3. The van der Waals surface area contributed by atoms with E-state index in [4.69, 9.17) is 4.74 Å². The molecule has 0 radical (unpaired) electrons. The highest BCUT2D eigenvalue weighted by atomic mass is 19.1. The highest BCUT2D eigenvalue weighted by Gasteiger charge is 2.25. The van der Waals surface area contributed by atoms with E-state index in [1.807, 2.05) is 25.1 Å². The minimum Gasteiger partial charge on any atom is -0.474 e. The molecule has 3 rings (SSSR count). The quantitative estimate of drug-likeness (QED) is 0.819. The van der Waals surface area contributed by atoms with Gasteiger partial charge in [0.2, 0.25) is 5.88 Å². The summed E-state index contributed by atoms with van der Waals surface area (Å²) in [4.78, 5) is 4.41. The fourth-order valence-corrected chi connectivity index (χ4v) is 1.84. The van der Waals surface area contributed by atoms with Gasteiger partial charge in [-0.3, -0.25) is 0 Å². The molecule has 1 heterocycles. The van der Waals surface area contributed by atoms with Gasteiger partial charge in [-0.15, -0.1) is 0 Å². The Hall–Kier alpha value is -1.90. The second kappa shape index (κ2) is 4.41. The molecule has 1 aliphatic rings. The predicted molar refractivity (Wildman–Crippen MR) is 68.0 cm³/mol. The van der Waals surface area contributed by atoms with Crippen LogP contribution in [0.3, 0.4) is 0 Å². The van der Waals surface area contributed by atoms with Gasteiger partial charge in [-0.25, -0.2) is 9.37 Å². The molecule has 1 fully saturated rings. The molecule has 0 amide bonds. The predicted octanol–water partition coefficient (Wildman–Crippen LogP) is 3.74. The molecule has 0 N–H and O–H groups in total. The largest absolute Gasteiger partial charge is 0.474 e. The van der Waals surface area contributed by atoms with Crippen LogP contribution in [0.2, 0.25) is 0 Å². The smallest absolute Gasteiger partial charge is 0.221 e. The first-order valence-corrected chi connectivity index (χ1v) is 6.12. The van der Waals surface area contributed by atoms with Crippen LogP contribution in [0.25, 0.3) is 11.1 Å². The molecule has 1 aromatic carbocycles. The van der Waals surface area contributed by atoms with Crippen LogP contribution >= 0.6 is 0 Å². The van der Waals surface area contributed by atoms with E-state index >= 15 is 0 Å². The summed E-state index contributed by atoms with van der Waals surface area (Å²) in [6.45, 7) is 1.93. The Morgan fingerprint density at radius 2 is 2.06 bits per heavy atom. The number of rotatable bonds is 3. The molecule has 0 aliphatic heterocycles. The summed E-state index contributed by atoms with van der Waals surface area (Å²) in [7, 11) is 0. The summed E-state index contributed by atoms with van der Waals surface area (Å²) in [6, 6.07) is 10.4. The first-order chi connectivity index (χ1) is 8.72. The van der Waals surface area contributed by atoms with E-state index in [-0.39, 0.29) is 11.9 Å². The Bertz CT molecular complexity index is 578. The monoisotopic (exact) mass is 243 g/mol. The number of halogens is 1. The number of hydrogen-bond donors (Lipinski definition) is 0. The van der Waals surface area contributed by atoms with E-state index < -0.39 is 0 Å². The summed E-state index contributed by atoms with van der Waals surface area (Å²) >= 11 is 0. The number of benzene rings is 1. The van der Waals surface area contributed by atoms with Gasteiger partial charge in [0.1, 0.15) is 11.9 Å². The number of pyridine rings is 1. The van der Waals surface area contributed by atoms with Gasteiger partial charge in [0.15, 0.2) is 0 Å². The molecule has 0 bridgehead atoms. The summed E-state index contributed by atoms with van der Waals surface area (Å²) in [5, 5.41) is 0. The number of aryl methyl sites for hydroxylation is 1. The summed E-state index contributed by atoms with van der Waals surface area (Å²) in [6.07, 6.45) is 2.45. The zero-order valence-electron chi connectivity index (χ0n) is 10.2. The first-order valence-electron chi connectivity index (χ1n) is 6.12. The lowest BCUT2D eigenvalue weighted by molar-refractivity contribution is 0.292. The van der Waals surface area contributed by atoms with Crippen LogP contribution in [0.4, 0.5) is 4.39 Å². The van der Waals surface area contributed by atoms with Crippen LogP contribution in [-0.2, 0) is 0 Å². The Labute approximate surface area is 105 Å². The van der Waals surface area contributed by atoms with Crippen LogP contribution in [0.15, 0.2) is 36.4 Å². The van der Waals surface area contributed by atoms with Gasteiger partial charge in [0.05, 0.1) is 0 Å². The van der Waals surface area contributed by atoms with Crippen LogP contribution < -0.4 is 4.74 Å². The van der Waals surface area contributed by atoms with Crippen LogP contribution in [0.1, 0.15) is 18.5 Å². The molecule has 3 heteroatoms. The zero-order valence-corrected chi connectivity index (χ0v) is 10.2. The van der Waals surface area contributed by atoms with Gasteiger partial charge in [-0.2, -0.15) is 0 Å². The topological polar surface area (TPSA) is 22.1 Å². The summed E-state index contributed by atoms with van der Waals surface area (Å²) < 4.78 is 19.1. The van der Waals surface area contributed by atoms with Crippen molar-refractivity contribution in [3.05, 3.63) is 47.9 Å². The Kier molecular flexibility index (Phi) is 2.74. The maximum absolute atomic E-state index is 13.3. The fraction of sp³-hybridized carbons (Fsp3) is 0.267. The highest BCUT2D eigenvalue weighted by molar-refractivity contribution is 5.68. The molecule has 0 unspecified atom stereocenters. The summed E-state index contributed by atoms with van der Waals surface area (Å²) in [5.74, 6) is 0.369. The van der Waals surface area contributed by atoms with Crippen molar-refractivity contribution in [2.45, 2.75) is 25.9 Å². The first kappa shape index (κ1) is 11.2. The average Bonchev–Trinajstić information content (AvgIpc) is 3.13. The van der Waals surface area contributed by atoms with Crippen molar-refractivity contribution >= 4 is 0 Å². The second-order valence-corrected chi connectivity index (χ2v) is 4.63. The number of aromatic nitrogens is 1. The van der Waals surface area contributed by atoms with E-state index in [0.29, 0.717) is 5.88 Å². The third kappa shape index (κ3) is 2.35. The lowest BCUT2D eigenvalue weighted by Gasteiger charge is -2.10. The SMILES string of the molecule is Cc1ccc(-c2cccc(F)c2)c(OC2CC2)n1. The average molecular weight is 243 g/mol. The van der Waals surface area contributed by atoms with E-state index in [1.54, 1.807) is 6.07 Å². The number of hydrogen-bond acceptors (Lipinski definition) is 2. The Morgan fingerprint density at radius 1 is 1.22 bits per heavy atom. The molecular formula is C15H14FNO. The van der Waals surface area contributed by atoms with E-state index in [2.05, 4.69) is 4.98 Å². The molecule has 2 aromatic rings. The maximum Gasteiger partial charge on any atom is 0.221 e. The minimum atomic E-state index is -0.245. The van der Waals surface area contributed by atoms with Crippen molar-refractivity contribution in [2.75, 3.05) is 0 Å².